The molecule has 4 N–H and O–H groups in total. The Bertz CT molecular complexity index is 274. The van der Waals surface area contributed by atoms with Gasteiger partial charge in [0.2, 0.25) is 5.91 Å². The molecule has 1 atom stereocenters. The van der Waals surface area contributed by atoms with Crippen LogP contribution in [-0.2, 0) is 14.3 Å². The second kappa shape index (κ2) is 5.27. The van der Waals surface area contributed by atoms with Crippen LogP contribution in [0, 0.1) is 5.41 Å². The van der Waals surface area contributed by atoms with Crippen molar-refractivity contribution in [2.45, 2.75) is 25.8 Å². The molecule has 0 aromatic rings. The zero-order valence-corrected chi connectivity index (χ0v) is 9.36. The molecule has 0 spiro atoms. The number of carbonyl (C=O) groups excluding carboxylic acids is 1. The zero-order valence-electron chi connectivity index (χ0n) is 9.36. The third-order valence-electron chi connectivity index (χ3n) is 3.04. The number of nitrogens with one attached hydrogen (secondary N) is 1. The van der Waals surface area contributed by atoms with Crippen LogP contribution in [0.2, 0.25) is 0 Å². The predicted octanol–water partition coefficient (Wildman–Crippen LogP) is -0.669. The van der Waals surface area contributed by atoms with Gasteiger partial charge in [-0.05, 0) is 19.8 Å². The first-order valence-electron chi connectivity index (χ1n) is 5.33. The van der Waals surface area contributed by atoms with Crippen LogP contribution in [0.25, 0.3) is 0 Å². The summed E-state index contributed by atoms with van der Waals surface area (Å²) in [5.41, 5.74) is 4.96. The number of amides is 1. The molecule has 1 rings (SSSR count). The lowest BCUT2D eigenvalue weighted by molar-refractivity contribution is -0.145. The van der Waals surface area contributed by atoms with E-state index in [2.05, 4.69) is 5.32 Å². The molecule has 6 nitrogen and oxygen atoms in total. The van der Waals surface area contributed by atoms with E-state index in [-0.39, 0.29) is 12.5 Å². The zero-order chi connectivity index (χ0) is 12.2. The largest absolute Gasteiger partial charge is 0.480 e. The first-order valence-corrected chi connectivity index (χ1v) is 5.33. The van der Waals surface area contributed by atoms with Crippen molar-refractivity contribution in [3.05, 3.63) is 0 Å². The summed E-state index contributed by atoms with van der Waals surface area (Å²) in [6.07, 6.45) is 1.09. The molecule has 1 heterocycles. The molecule has 1 saturated heterocycles. The van der Waals surface area contributed by atoms with Gasteiger partial charge >= 0.3 is 5.97 Å². The Labute approximate surface area is 94.1 Å². The quantitative estimate of drug-likeness (QED) is 0.594. The van der Waals surface area contributed by atoms with E-state index in [0.29, 0.717) is 26.1 Å². The summed E-state index contributed by atoms with van der Waals surface area (Å²) in [5.74, 6) is -1.33. The average molecular weight is 230 g/mol. The summed E-state index contributed by atoms with van der Waals surface area (Å²) in [5, 5.41) is 11.2. The molecule has 6 heteroatoms. The molecule has 0 saturated carbocycles. The van der Waals surface area contributed by atoms with Crippen LogP contribution in [0.3, 0.4) is 0 Å². The molecule has 1 fully saturated rings. The summed E-state index contributed by atoms with van der Waals surface area (Å²) in [6, 6.07) is -0.890. The van der Waals surface area contributed by atoms with Crippen LogP contribution >= 0.6 is 0 Å². The van der Waals surface area contributed by atoms with Gasteiger partial charge in [0.15, 0.2) is 0 Å². The number of nitrogens with two attached hydrogens (primary N) is 1. The van der Waals surface area contributed by atoms with Gasteiger partial charge in [-0.3, -0.25) is 9.59 Å². The number of hydrogen-bond donors (Lipinski definition) is 3. The van der Waals surface area contributed by atoms with E-state index in [0.717, 1.165) is 0 Å². The third kappa shape index (κ3) is 2.70. The fourth-order valence-corrected chi connectivity index (χ4v) is 1.70. The van der Waals surface area contributed by atoms with Crippen molar-refractivity contribution in [3.8, 4) is 0 Å². The van der Waals surface area contributed by atoms with Crippen LogP contribution in [-0.4, -0.2) is 42.8 Å². The molecule has 1 aliphatic rings. The topological polar surface area (TPSA) is 102 Å². The predicted molar refractivity (Wildman–Crippen MR) is 56.8 cm³/mol. The van der Waals surface area contributed by atoms with Crippen LogP contribution in [0.5, 0.6) is 0 Å². The lowest BCUT2D eigenvalue weighted by atomic mass is 9.79. The highest BCUT2D eigenvalue weighted by molar-refractivity contribution is 5.87. The van der Waals surface area contributed by atoms with E-state index >= 15 is 0 Å². The van der Waals surface area contributed by atoms with Gasteiger partial charge in [-0.15, -0.1) is 0 Å². The molecule has 1 unspecified atom stereocenters. The molecule has 0 aromatic heterocycles. The molecular formula is C10H18N2O4. The normalized spacial score (nSPS) is 21.1. The van der Waals surface area contributed by atoms with Crippen LogP contribution < -0.4 is 11.1 Å². The molecule has 0 radical (unpaired) electrons. The van der Waals surface area contributed by atoms with E-state index in [1.165, 1.54) is 6.92 Å². The van der Waals surface area contributed by atoms with Crippen LogP contribution in [0.1, 0.15) is 19.8 Å². The van der Waals surface area contributed by atoms with Crippen molar-refractivity contribution < 1.29 is 19.4 Å². The SMILES string of the molecule is CC(NC(=O)C1(CN)CCOCC1)C(=O)O. The van der Waals surface area contributed by atoms with Gasteiger partial charge in [0.1, 0.15) is 6.04 Å². The van der Waals surface area contributed by atoms with Gasteiger partial charge in [-0.2, -0.15) is 0 Å². The highest BCUT2D eigenvalue weighted by Gasteiger charge is 2.39. The second-order valence-electron chi connectivity index (χ2n) is 4.13. The molecule has 92 valence electrons. The number of rotatable bonds is 4. The van der Waals surface area contributed by atoms with Crippen molar-refractivity contribution in [2.75, 3.05) is 19.8 Å². The first-order chi connectivity index (χ1) is 7.52. The van der Waals surface area contributed by atoms with Crippen molar-refractivity contribution in [1.29, 1.82) is 0 Å². The average Bonchev–Trinajstić information content (AvgIpc) is 2.29. The molecule has 16 heavy (non-hydrogen) atoms. The summed E-state index contributed by atoms with van der Waals surface area (Å²) in [4.78, 5) is 22.6. The molecule has 0 bridgehead atoms. The number of ether oxygens (including phenoxy) is 1. The summed E-state index contributed by atoms with van der Waals surface area (Å²) in [7, 11) is 0. The minimum Gasteiger partial charge on any atom is -0.480 e. The lowest BCUT2D eigenvalue weighted by Gasteiger charge is -2.35. The molecular weight excluding hydrogens is 212 g/mol. The smallest absolute Gasteiger partial charge is 0.325 e. The van der Waals surface area contributed by atoms with Crippen molar-refractivity contribution >= 4 is 11.9 Å². The van der Waals surface area contributed by atoms with E-state index < -0.39 is 17.4 Å². The lowest BCUT2D eigenvalue weighted by Crippen LogP contribution is -2.52. The second-order valence-corrected chi connectivity index (χ2v) is 4.13. The Balaban J connectivity index is 2.65. The number of carboxylic acid groups (broad SMARTS) is 1. The Hall–Kier alpha value is -1.14. The number of hydrogen-bond acceptors (Lipinski definition) is 4. The van der Waals surface area contributed by atoms with Crippen LogP contribution in [0.4, 0.5) is 0 Å². The maximum absolute atomic E-state index is 12.0. The minimum absolute atomic E-state index is 0.217. The third-order valence-corrected chi connectivity index (χ3v) is 3.04. The fourth-order valence-electron chi connectivity index (χ4n) is 1.70. The number of carboxylic acids is 1. The van der Waals surface area contributed by atoms with Gasteiger partial charge in [-0.25, -0.2) is 0 Å². The first kappa shape index (κ1) is 12.9. The van der Waals surface area contributed by atoms with E-state index in [9.17, 15) is 9.59 Å². The molecule has 1 amide bonds. The monoisotopic (exact) mass is 230 g/mol. The molecule has 1 aliphatic heterocycles. The molecule has 0 aliphatic carbocycles. The van der Waals surface area contributed by atoms with E-state index in [1.54, 1.807) is 0 Å². The Morgan fingerprint density at radius 3 is 2.50 bits per heavy atom. The van der Waals surface area contributed by atoms with Gasteiger partial charge in [-0.1, -0.05) is 0 Å². The van der Waals surface area contributed by atoms with E-state index in [4.69, 9.17) is 15.6 Å². The Morgan fingerprint density at radius 1 is 1.50 bits per heavy atom. The minimum atomic E-state index is -1.05. The highest BCUT2D eigenvalue weighted by atomic mass is 16.5. The highest BCUT2D eigenvalue weighted by Crippen LogP contribution is 2.29. The van der Waals surface area contributed by atoms with Gasteiger partial charge in [0, 0.05) is 19.8 Å². The summed E-state index contributed by atoms with van der Waals surface area (Å²) in [6.45, 7) is 2.64. The summed E-state index contributed by atoms with van der Waals surface area (Å²) >= 11 is 0. The fraction of sp³-hybridized carbons (Fsp3) is 0.800. The standard InChI is InChI=1S/C10H18N2O4/c1-7(8(13)14)12-9(15)10(6-11)2-4-16-5-3-10/h7H,2-6,11H2,1H3,(H,12,15)(H,13,14). The van der Waals surface area contributed by atoms with Gasteiger partial charge < -0.3 is 20.9 Å². The van der Waals surface area contributed by atoms with E-state index in [1.807, 2.05) is 0 Å². The van der Waals surface area contributed by atoms with Crippen LogP contribution in [0.15, 0.2) is 0 Å². The maximum atomic E-state index is 12.0. The Kier molecular flexibility index (Phi) is 4.26. The van der Waals surface area contributed by atoms with Gasteiger partial charge in [0.25, 0.3) is 0 Å². The number of aliphatic carboxylic acids is 1. The Morgan fingerprint density at radius 2 is 2.06 bits per heavy atom. The maximum Gasteiger partial charge on any atom is 0.325 e. The van der Waals surface area contributed by atoms with Gasteiger partial charge in [0.05, 0.1) is 5.41 Å². The van der Waals surface area contributed by atoms with Crippen molar-refractivity contribution in [1.82, 2.24) is 5.32 Å². The summed E-state index contributed by atoms with van der Waals surface area (Å²) < 4.78 is 5.18. The molecule has 0 aromatic carbocycles. The number of carbonyl (C=O) groups is 2. The van der Waals surface area contributed by atoms with Crippen molar-refractivity contribution in [3.63, 3.8) is 0 Å². The van der Waals surface area contributed by atoms with Crippen molar-refractivity contribution in [2.24, 2.45) is 11.1 Å².